The molecule has 0 aromatic heterocycles. The summed E-state index contributed by atoms with van der Waals surface area (Å²) in [6, 6.07) is 0. The molecule has 21 heavy (non-hydrogen) atoms. The zero-order valence-electron chi connectivity index (χ0n) is 13.0. The highest BCUT2D eigenvalue weighted by atomic mass is 32.2. The van der Waals surface area contributed by atoms with Crippen molar-refractivity contribution in [1.82, 2.24) is 10.2 Å². The van der Waals surface area contributed by atoms with Crippen molar-refractivity contribution in [2.75, 3.05) is 44.2 Å². The van der Waals surface area contributed by atoms with Crippen molar-refractivity contribution in [3.63, 3.8) is 0 Å². The summed E-state index contributed by atoms with van der Waals surface area (Å²) < 4.78 is 23.8. The van der Waals surface area contributed by atoms with Gasteiger partial charge in [-0.25, -0.2) is 8.42 Å². The Morgan fingerprint density at radius 3 is 2.67 bits per heavy atom. The molecule has 1 fully saturated rings. The van der Waals surface area contributed by atoms with Crippen LogP contribution in [-0.4, -0.2) is 63.5 Å². The quantitative estimate of drug-likeness (QED) is 0.591. The molecule has 0 aliphatic carbocycles. The highest BCUT2D eigenvalue weighted by Gasteiger charge is 2.19. The molecule has 1 heterocycles. The summed E-state index contributed by atoms with van der Waals surface area (Å²) in [7, 11) is -3.19. The zero-order valence-corrected chi connectivity index (χ0v) is 13.8. The van der Waals surface area contributed by atoms with Gasteiger partial charge in [-0.05, 0) is 44.8 Å². The highest BCUT2D eigenvalue weighted by molar-refractivity contribution is 7.91. The number of piperidine rings is 1. The molecular weight excluding hydrogens is 290 g/mol. The summed E-state index contributed by atoms with van der Waals surface area (Å²) in [5.74, 6) is 0.0316. The molecule has 3 N–H and O–H groups in total. The Bertz CT molecular complexity index is 406. The molecule has 124 valence electrons. The van der Waals surface area contributed by atoms with Gasteiger partial charge in [-0.2, -0.15) is 0 Å². The van der Waals surface area contributed by atoms with Crippen molar-refractivity contribution in [1.29, 1.82) is 0 Å². The maximum atomic E-state index is 11.9. The average molecular weight is 319 g/mol. The number of nitrogens with one attached hydrogen (secondary N) is 1. The van der Waals surface area contributed by atoms with Gasteiger partial charge in [0.15, 0.2) is 9.84 Å². The Morgan fingerprint density at radius 2 is 2.10 bits per heavy atom. The van der Waals surface area contributed by atoms with E-state index in [1.54, 1.807) is 0 Å². The van der Waals surface area contributed by atoms with E-state index in [1.807, 2.05) is 0 Å². The lowest BCUT2D eigenvalue weighted by Gasteiger charge is -2.29. The summed E-state index contributed by atoms with van der Waals surface area (Å²) in [6.45, 7) is 6.63. The minimum Gasteiger partial charge on any atom is -0.370 e. The van der Waals surface area contributed by atoms with Crippen molar-refractivity contribution in [3.8, 4) is 0 Å². The molecule has 7 heteroatoms. The van der Waals surface area contributed by atoms with Crippen LogP contribution in [0.15, 0.2) is 0 Å². The maximum Gasteiger partial charge on any atom is 0.218 e. The van der Waals surface area contributed by atoms with Crippen LogP contribution < -0.4 is 11.1 Å². The van der Waals surface area contributed by atoms with Crippen molar-refractivity contribution in [2.24, 2.45) is 11.7 Å². The maximum absolute atomic E-state index is 11.9. The standard InChI is InChI=1S/C14H29N3O3S/c1-2-7-17(12-13-4-3-6-16-11-13)8-10-21(19,20)9-5-14(15)18/h13,16H,2-12H2,1H3,(H2,15,18). The van der Waals surface area contributed by atoms with E-state index in [1.165, 1.54) is 12.8 Å². The molecule has 0 saturated carbocycles. The predicted molar refractivity (Wildman–Crippen MR) is 84.8 cm³/mol. The highest BCUT2D eigenvalue weighted by Crippen LogP contribution is 2.12. The van der Waals surface area contributed by atoms with Crippen LogP contribution in [0, 0.1) is 5.92 Å². The lowest BCUT2D eigenvalue weighted by Crippen LogP contribution is -2.40. The molecular formula is C14H29N3O3S. The van der Waals surface area contributed by atoms with Gasteiger partial charge in [-0.3, -0.25) is 4.79 Å². The van der Waals surface area contributed by atoms with Crippen LogP contribution in [0.5, 0.6) is 0 Å². The second-order valence-electron chi connectivity index (χ2n) is 5.88. The van der Waals surface area contributed by atoms with Crippen molar-refractivity contribution in [3.05, 3.63) is 0 Å². The van der Waals surface area contributed by atoms with E-state index < -0.39 is 15.7 Å². The van der Waals surface area contributed by atoms with Gasteiger partial charge in [0.1, 0.15) is 0 Å². The monoisotopic (exact) mass is 319 g/mol. The van der Waals surface area contributed by atoms with E-state index in [2.05, 4.69) is 17.1 Å². The average Bonchev–Trinajstić information content (AvgIpc) is 2.44. The summed E-state index contributed by atoms with van der Waals surface area (Å²) >= 11 is 0. The van der Waals surface area contributed by atoms with E-state index in [9.17, 15) is 13.2 Å². The molecule has 0 aromatic rings. The minimum atomic E-state index is -3.19. The van der Waals surface area contributed by atoms with E-state index in [-0.39, 0.29) is 17.9 Å². The Kier molecular flexibility index (Phi) is 8.21. The van der Waals surface area contributed by atoms with Crippen LogP contribution in [0.25, 0.3) is 0 Å². The Labute approximate surface area is 128 Å². The molecule has 0 aromatic carbocycles. The minimum absolute atomic E-state index is 0.0807. The summed E-state index contributed by atoms with van der Waals surface area (Å²) in [5.41, 5.74) is 5.01. The van der Waals surface area contributed by atoms with E-state index in [0.29, 0.717) is 12.5 Å². The molecule has 0 spiro atoms. The van der Waals surface area contributed by atoms with Crippen LogP contribution in [0.3, 0.4) is 0 Å². The number of rotatable bonds is 10. The Morgan fingerprint density at radius 1 is 1.33 bits per heavy atom. The molecule has 1 unspecified atom stereocenters. The zero-order chi connectivity index (χ0) is 15.7. The fourth-order valence-corrected chi connectivity index (χ4v) is 3.93. The van der Waals surface area contributed by atoms with E-state index in [4.69, 9.17) is 5.73 Å². The van der Waals surface area contributed by atoms with Crippen LogP contribution in [0.4, 0.5) is 0 Å². The number of carbonyl (C=O) groups is 1. The van der Waals surface area contributed by atoms with Crippen LogP contribution in [-0.2, 0) is 14.6 Å². The number of hydrogen-bond acceptors (Lipinski definition) is 5. The van der Waals surface area contributed by atoms with Gasteiger partial charge < -0.3 is 16.0 Å². The fourth-order valence-electron chi connectivity index (χ4n) is 2.68. The van der Waals surface area contributed by atoms with Crippen LogP contribution >= 0.6 is 0 Å². The van der Waals surface area contributed by atoms with Gasteiger partial charge in [0.25, 0.3) is 0 Å². The van der Waals surface area contributed by atoms with Gasteiger partial charge in [0.2, 0.25) is 5.91 Å². The summed E-state index contributed by atoms with van der Waals surface area (Å²) in [5, 5.41) is 3.39. The third kappa shape index (κ3) is 8.38. The molecule has 0 bridgehead atoms. The Balaban J connectivity index is 2.40. The predicted octanol–water partition coefficient (Wildman–Crippen LogP) is -0.0118. The van der Waals surface area contributed by atoms with E-state index >= 15 is 0 Å². The molecule has 1 aliphatic heterocycles. The van der Waals surface area contributed by atoms with E-state index in [0.717, 1.165) is 32.6 Å². The van der Waals surface area contributed by atoms with Gasteiger partial charge in [-0.1, -0.05) is 6.92 Å². The first-order valence-electron chi connectivity index (χ1n) is 7.84. The lowest BCUT2D eigenvalue weighted by molar-refractivity contribution is -0.117. The van der Waals surface area contributed by atoms with Gasteiger partial charge in [-0.15, -0.1) is 0 Å². The number of nitrogens with two attached hydrogens (primary N) is 1. The molecule has 1 amide bonds. The first kappa shape index (κ1) is 18.4. The number of hydrogen-bond donors (Lipinski definition) is 2. The molecule has 1 atom stereocenters. The van der Waals surface area contributed by atoms with Gasteiger partial charge in [0, 0.05) is 19.5 Å². The number of carbonyl (C=O) groups excluding carboxylic acids is 1. The van der Waals surface area contributed by atoms with Crippen molar-refractivity contribution in [2.45, 2.75) is 32.6 Å². The lowest BCUT2D eigenvalue weighted by atomic mass is 9.99. The van der Waals surface area contributed by atoms with Gasteiger partial charge >= 0.3 is 0 Å². The first-order chi connectivity index (χ1) is 9.93. The van der Waals surface area contributed by atoms with Gasteiger partial charge in [0.05, 0.1) is 11.5 Å². The number of amides is 1. The second-order valence-corrected chi connectivity index (χ2v) is 8.18. The fraction of sp³-hybridized carbons (Fsp3) is 0.929. The van der Waals surface area contributed by atoms with Crippen molar-refractivity contribution >= 4 is 15.7 Å². The smallest absolute Gasteiger partial charge is 0.218 e. The first-order valence-corrected chi connectivity index (χ1v) is 9.67. The SMILES string of the molecule is CCCN(CCS(=O)(=O)CCC(N)=O)CC1CCCNC1. The van der Waals surface area contributed by atoms with Crippen LogP contribution in [0.2, 0.25) is 0 Å². The molecule has 6 nitrogen and oxygen atoms in total. The third-order valence-electron chi connectivity index (χ3n) is 3.83. The summed E-state index contributed by atoms with van der Waals surface area (Å²) in [4.78, 5) is 12.9. The third-order valence-corrected chi connectivity index (χ3v) is 5.46. The van der Waals surface area contributed by atoms with Crippen molar-refractivity contribution < 1.29 is 13.2 Å². The molecule has 0 radical (unpaired) electrons. The summed E-state index contributed by atoms with van der Waals surface area (Å²) in [6.07, 6.45) is 3.34. The Hall–Kier alpha value is -0.660. The number of sulfone groups is 1. The topological polar surface area (TPSA) is 92.5 Å². The molecule has 1 rings (SSSR count). The number of primary amides is 1. The normalized spacial score (nSPS) is 19.8. The van der Waals surface area contributed by atoms with Crippen LogP contribution in [0.1, 0.15) is 32.6 Å². The second kappa shape index (κ2) is 9.38. The largest absolute Gasteiger partial charge is 0.370 e. The molecule has 1 aliphatic rings. The number of nitrogens with zero attached hydrogens (tertiary/aromatic N) is 1. The molecule has 1 saturated heterocycles.